The summed E-state index contributed by atoms with van der Waals surface area (Å²) in [7, 11) is 0. The first kappa shape index (κ1) is 9.98. The maximum atomic E-state index is 12.2. The van der Waals surface area contributed by atoms with E-state index < -0.39 is 12.1 Å². The van der Waals surface area contributed by atoms with Crippen LogP contribution in [0.5, 0.6) is 5.75 Å². The van der Waals surface area contributed by atoms with Gasteiger partial charge in [0.1, 0.15) is 11.4 Å². The van der Waals surface area contributed by atoms with Crippen LogP contribution in [0.3, 0.4) is 0 Å². The highest BCUT2D eigenvalue weighted by atomic mass is 35.5. The summed E-state index contributed by atoms with van der Waals surface area (Å²) in [6, 6.07) is 0. The van der Waals surface area contributed by atoms with Crippen LogP contribution in [-0.2, 0) is 5.88 Å². The Morgan fingerprint density at radius 2 is 2.23 bits per heavy atom. The van der Waals surface area contributed by atoms with E-state index in [1.807, 2.05) is 0 Å². The monoisotopic (exact) mass is 208 g/mol. The Balaban J connectivity index is 3.27. The van der Waals surface area contributed by atoms with Gasteiger partial charge in [-0.1, -0.05) is 0 Å². The van der Waals surface area contributed by atoms with Crippen molar-refractivity contribution < 1.29 is 13.9 Å². The molecule has 0 aliphatic carbocycles. The summed E-state index contributed by atoms with van der Waals surface area (Å²) in [6.07, 6.45) is -1.85. The minimum Gasteiger partial charge on any atom is -0.506 e. The number of pyridine rings is 1. The zero-order chi connectivity index (χ0) is 10.0. The average Bonchev–Trinajstić information content (AvgIpc) is 2.04. The van der Waals surface area contributed by atoms with E-state index in [0.29, 0.717) is 0 Å². The smallest absolute Gasteiger partial charge is 0.282 e. The van der Waals surface area contributed by atoms with Crippen LogP contribution in [0.1, 0.15) is 17.7 Å². The molecule has 0 radical (unpaired) electrons. The van der Waals surface area contributed by atoms with Gasteiger partial charge in [0.15, 0.2) is 0 Å². The number of alkyl halides is 3. The van der Waals surface area contributed by atoms with Gasteiger partial charge in [0.25, 0.3) is 6.43 Å². The lowest BCUT2D eigenvalue weighted by atomic mass is 10.2. The summed E-state index contributed by atoms with van der Waals surface area (Å²) in [5.41, 5.74) is 4.61. The highest BCUT2D eigenvalue weighted by Crippen LogP contribution is 2.31. The van der Waals surface area contributed by atoms with Crippen LogP contribution in [0, 0.1) is 0 Å². The number of aromatic nitrogens is 1. The van der Waals surface area contributed by atoms with Crippen LogP contribution in [0.25, 0.3) is 0 Å². The van der Waals surface area contributed by atoms with E-state index in [9.17, 15) is 8.78 Å². The Morgan fingerprint density at radius 1 is 1.62 bits per heavy atom. The van der Waals surface area contributed by atoms with E-state index in [2.05, 4.69) is 4.98 Å². The molecule has 0 aromatic carbocycles. The molecular weight excluding hydrogens is 202 g/mol. The number of nitrogen functional groups attached to an aromatic ring is 1. The first-order valence-corrected chi connectivity index (χ1v) is 3.91. The third-order valence-corrected chi connectivity index (χ3v) is 1.84. The second-order valence-electron chi connectivity index (χ2n) is 2.36. The van der Waals surface area contributed by atoms with E-state index in [1.165, 1.54) is 0 Å². The molecule has 1 rings (SSSR count). The summed E-state index contributed by atoms with van der Waals surface area (Å²) >= 11 is 5.40. The average molecular weight is 209 g/mol. The number of hydrogen-bond donors (Lipinski definition) is 2. The Labute approximate surface area is 78.1 Å². The third-order valence-electron chi connectivity index (χ3n) is 1.58. The van der Waals surface area contributed by atoms with E-state index in [1.54, 1.807) is 0 Å². The van der Waals surface area contributed by atoms with Gasteiger partial charge in [0.05, 0.1) is 17.8 Å². The molecule has 1 aromatic heterocycles. The van der Waals surface area contributed by atoms with Crippen molar-refractivity contribution in [1.29, 1.82) is 0 Å². The molecule has 6 heteroatoms. The Bertz CT molecular complexity index is 320. The van der Waals surface area contributed by atoms with Crippen LogP contribution >= 0.6 is 11.6 Å². The predicted molar refractivity (Wildman–Crippen MR) is 44.8 cm³/mol. The largest absolute Gasteiger partial charge is 0.506 e. The fourth-order valence-corrected chi connectivity index (χ4v) is 1.17. The van der Waals surface area contributed by atoms with Gasteiger partial charge in [-0.2, -0.15) is 0 Å². The van der Waals surface area contributed by atoms with Gasteiger partial charge < -0.3 is 10.8 Å². The van der Waals surface area contributed by atoms with Gasteiger partial charge in [-0.05, 0) is 0 Å². The number of nitrogens with two attached hydrogens (primary N) is 1. The molecule has 0 amide bonds. The Hall–Kier alpha value is -1.10. The second kappa shape index (κ2) is 3.74. The molecule has 0 fully saturated rings. The molecule has 3 N–H and O–H groups in total. The highest BCUT2D eigenvalue weighted by molar-refractivity contribution is 6.17. The summed E-state index contributed by atoms with van der Waals surface area (Å²) < 4.78 is 24.4. The predicted octanol–water partition coefficient (Wildman–Crippen LogP) is 2.05. The molecule has 0 saturated carbocycles. The fraction of sp³-hybridized carbons (Fsp3) is 0.286. The first-order valence-electron chi connectivity index (χ1n) is 3.38. The molecule has 0 atom stereocenters. The number of hydrogen-bond acceptors (Lipinski definition) is 3. The standard InChI is InChI=1S/C7H7ClF2N2O/c8-1-3-4(13)2-12-6(5(3)11)7(9)10/h2,7,13H,1,11H2. The molecule has 1 heterocycles. The van der Waals surface area contributed by atoms with Crippen molar-refractivity contribution in [2.75, 3.05) is 5.73 Å². The molecule has 0 saturated heterocycles. The summed E-state index contributed by atoms with van der Waals surface area (Å²) in [5, 5.41) is 9.13. The Morgan fingerprint density at radius 3 is 2.69 bits per heavy atom. The molecule has 0 bridgehead atoms. The molecule has 0 unspecified atom stereocenters. The van der Waals surface area contributed by atoms with Crippen molar-refractivity contribution >= 4 is 17.3 Å². The summed E-state index contributed by atoms with van der Waals surface area (Å²) in [4.78, 5) is 3.30. The number of rotatable bonds is 2. The van der Waals surface area contributed by atoms with Gasteiger partial charge >= 0.3 is 0 Å². The summed E-state index contributed by atoms with van der Waals surface area (Å²) in [5.74, 6) is -0.392. The van der Waals surface area contributed by atoms with Crippen molar-refractivity contribution in [3.05, 3.63) is 17.5 Å². The number of aromatic hydroxyl groups is 1. The van der Waals surface area contributed by atoms with Crippen molar-refractivity contribution in [2.24, 2.45) is 0 Å². The number of anilines is 1. The molecule has 1 aromatic rings. The lowest BCUT2D eigenvalue weighted by molar-refractivity contribution is 0.147. The molecule has 0 aliphatic rings. The lowest BCUT2D eigenvalue weighted by Crippen LogP contribution is -2.02. The van der Waals surface area contributed by atoms with Gasteiger partial charge in [0.2, 0.25) is 0 Å². The molecule has 0 spiro atoms. The van der Waals surface area contributed by atoms with E-state index >= 15 is 0 Å². The van der Waals surface area contributed by atoms with Gasteiger partial charge in [-0.15, -0.1) is 11.6 Å². The second-order valence-corrected chi connectivity index (χ2v) is 2.62. The van der Waals surface area contributed by atoms with Gasteiger partial charge in [0, 0.05) is 5.56 Å². The quantitative estimate of drug-likeness (QED) is 0.732. The zero-order valence-electron chi connectivity index (χ0n) is 6.47. The molecule has 3 nitrogen and oxygen atoms in total. The van der Waals surface area contributed by atoms with Crippen molar-refractivity contribution in [2.45, 2.75) is 12.3 Å². The fourth-order valence-electron chi connectivity index (χ4n) is 0.885. The van der Waals surface area contributed by atoms with Crippen LogP contribution in [-0.4, -0.2) is 10.1 Å². The topological polar surface area (TPSA) is 59.1 Å². The molecule has 0 aliphatic heterocycles. The maximum Gasteiger partial charge on any atom is 0.282 e. The normalized spacial score (nSPS) is 10.8. The van der Waals surface area contributed by atoms with Gasteiger partial charge in [-0.25, -0.2) is 13.8 Å². The van der Waals surface area contributed by atoms with E-state index in [4.69, 9.17) is 22.4 Å². The molecule has 13 heavy (non-hydrogen) atoms. The Kier molecular flexibility index (Phi) is 2.87. The molecule has 72 valence electrons. The van der Waals surface area contributed by atoms with E-state index in [-0.39, 0.29) is 22.9 Å². The van der Waals surface area contributed by atoms with Crippen LogP contribution in [0.4, 0.5) is 14.5 Å². The third kappa shape index (κ3) is 1.80. The van der Waals surface area contributed by atoms with Crippen molar-refractivity contribution in [3.63, 3.8) is 0 Å². The van der Waals surface area contributed by atoms with Crippen molar-refractivity contribution in [1.82, 2.24) is 4.98 Å². The number of nitrogens with zero attached hydrogens (tertiary/aromatic N) is 1. The van der Waals surface area contributed by atoms with Crippen molar-refractivity contribution in [3.8, 4) is 5.75 Å². The minimum atomic E-state index is -2.76. The van der Waals surface area contributed by atoms with E-state index in [0.717, 1.165) is 6.20 Å². The molecular formula is C7H7ClF2N2O. The van der Waals surface area contributed by atoms with Gasteiger partial charge in [-0.3, -0.25) is 0 Å². The summed E-state index contributed by atoms with van der Waals surface area (Å²) in [6.45, 7) is 0. The van der Waals surface area contributed by atoms with Crippen LogP contribution in [0.15, 0.2) is 6.20 Å². The lowest BCUT2D eigenvalue weighted by Gasteiger charge is -2.08. The minimum absolute atomic E-state index is 0.0898. The maximum absolute atomic E-state index is 12.2. The highest BCUT2D eigenvalue weighted by Gasteiger charge is 2.17. The SMILES string of the molecule is Nc1c(C(F)F)ncc(O)c1CCl. The van der Waals surface area contributed by atoms with Crippen LogP contribution in [0.2, 0.25) is 0 Å². The number of halogens is 3. The zero-order valence-corrected chi connectivity index (χ0v) is 7.22. The van der Waals surface area contributed by atoms with Crippen LogP contribution < -0.4 is 5.73 Å². The first-order chi connectivity index (χ1) is 6.07.